The van der Waals surface area contributed by atoms with Crippen LogP contribution in [0.15, 0.2) is 6.07 Å². The van der Waals surface area contributed by atoms with E-state index in [4.69, 9.17) is 5.11 Å². The van der Waals surface area contributed by atoms with E-state index >= 15 is 0 Å². The summed E-state index contributed by atoms with van der Waals surface area (Å²) < 4.78 is 1.99. The Labute approximate surface area is 103 Å². The fraction of sp³-hybridized carbons (Fsp3) is 0.692. The molecule has 4 nitrogen and oxygen atoms in total. The zero-order chi connectivity index (χ0) is 13.1. The van der Waals surface area contributed by atoms with Crippen molar-refractivity contribution in [1.82, 2.24) is 9.78 Å². The molecule has 17 heavy (non-hydrogen) atoms. The lowest BCUT2D eigenvalue weighted by Crippen LogP contribution is -2.23. The quantitative estimate of drug-likeness (QED) is 0.775. The highest BCUT2D eigenvalue weighted by Crippen LogP contribution is 2.23. The number of unbranched alkanes of at least 4 members (excludes halogenated alkanes) is 1. The van der Waals surface area contributed by atoms with Gasteiger partial charge in [-0.1, -0.05) is 6.42 Å². The van der Waals surface area contributed by atoms with E-state index in [-0.39, 0.29) is 0 Å². The van der Waals surface area contributed by atoms with Crippen molar-refractivity contribution in [1.29, 1.82) is 0 Å². The summed E-state index contributed by atoms with van der Waals surface area (Å²) in [5, 5.41) is 13.4. The molecule has 1 aromatic heterocycles. The normalized spacial score (nSPS) is 11.8. The molecule has 0 atom stereocenters. The Kier molecular flexibility index (Phi) is 4.32. The minimum absolute atomic E-state index is 0.616. The van der Waals surface area contributed by atoms with Gasteiger partial charge in [-0.15, -0.1) is 0 Å². The summed E-state index contributed by atoms with van der Waals surface area (Å²) in [5.41, 5.74) is 1.59. The number of aryl methyl sites for hydroxylation is 3. The topological polar surface area (TPSA) is 55.1 Å². The number of aromatic nitrogens is 2. The molecule has 0 bridgehead atoms. The van der Waals surface area contributed by atoms with Crippen LogP contribution >= 0.6 is 0 Å². The fourth-order valence-electron chi connectivity index (χ4n) is 1.84. The molecule has 0 aliphatic rings. The third-order valence-corrected chi connectivity index (χ3v) is 3.10. The van der Waals surface area contributed by atoms with Gasteiger partial charge in [0.2, 0.25) is 0 Å². The van der Waals surface area contributed by atoms with Gasteiger partial charge in [0.25, 0.3) is 0 Å². The Morgan fingerprint density at radius 3 is 2.53 bits per heavy atom. The van der Waals surface area contributed by atoms with Crippen LogP contribution < -0.4 is 0 Å². The lowest BCUT2D eigenvalue weighted by atomic mass is 9.87. The lowest BCUT2D eigenvalue weighted by Gasteiger charge is -2.18. The molecule has 0 radical (unpaired) electrons. The van der Waals surface area contributed by atoms with Crippen molar-refractivity contribution >= 4 is 5.97 Å². The Morgan fingerprint density at radius 2 is 2.06 bits per heavy atom. The number of rotatable bonds is 6. The van der Waals surface area contributed by atoms with E-state index in [1.165, 1.54) is 5.69 Å². The molecule has 0 aromatic carbocycles. The molecular formula is C13H22N2O2. The van der Waals surface area contributed by atoms with Gasteiger partial charge < -0.3 is 5.11 Å². The van der Waals surface area contributed by atoms with Gasteiger partial charge in [0.05, 0.1) is 11.1 Å². The molecule has 0 aliphatic carbocycles. The number of carboxylic acids is 1. The summed E-state index contributed by atoms with van der Waals surface area (Å²) in [4.78, 5) is 10.9. The Morgan fingerprint density at radius 1 is 1.41 bits per heavy atom. The van der Waals surface area contributed by atoms with Crippen molar-refractivity contribution in [3.05, 3.63) is 17.5 Å². The molecule has 0 amide bonds. The molecule has 4 heteroatoms. The molecule has 0 spiro atoms. The van der Waals surface area contributed by atoms with Gasteiger partial charge in [0.15, 0.2) is 0 Å². The van der Waals surface area contributed by atoms with E-state index in [1.807, 2.05) is 18.5 Å². The van der Waals surface area contributed by atoms with E-state index in [0.29, 0.717) is 6.42 Å². The lowest BCUT2D eigenvalue weighted by molar-refractivity contribution is -0.147. The zero-order valence-corrected chi connectivity index (χ0v) is 11.2. The second-order valence-corrected chi connectivity index (χ2v) is 5.30. The second kappa shape index (κ2) is 5.34. The van der Waals surface area contributed by atoms with Crippen LogP contribution in [0.2, 0.25) is 0 Å². The minimum atomic E-state index is -0.719. The highest BCUT2D eigenvalue weighted by atomic mass is 16.4. The van der Waals surface area contributed by atoms with Crippen molar-refractivity contribution in [2.45, 2.75) is 53.5 Å². The predicted octanol–water partition coefficient (Wildman–Crippen LogP) is 2.78. The standard InChI is InChI=1S/C13H22N2O2/c1-10-9-11(2)15(14-10)8-6-5-7-13(3,4)12(16)17/h9H,5-8H2,1-4H3,(H,16,17). The number of carbonyl (C=O) groups is 1. The number of hydrogen-bond donors (Lipinski definition) is 1. The smallest absolute Gasteiger partial charge is 0.309 e. The van der Waals surface area contributed by atoms with Gasteiger partial charge in [0.1, 0.15) is 0 Å². The number of hydrogen-bond acceptors (Lipinski definition) is 2. The van der Waals surface area contributed by atoms with Crippen LogP contribution in [0.4, 0.5) is 0 Å². The maximum absolute atomic E-state index is 10.9. The Hall–Kier alpha value is -1.32. The number of nitrogens with zero attached hydrogens (tertiary/aromatic N) is 2. The highest BCUT2D eigenvalue weighted by Gasteiger charge is 2.25. The zero-order valence-electron chi connectivity index (χ0n) is 11.2. The first-order valence-corrected chi connectivity index (χ1v) is 6.07. The fourth-order valence-corrected chi connectivity index (χ4v) is 1.84. The van der Waals surface area contributed by atoms with Crippen molar-refractivity contribution in [3.8, 4) is 0 Å². The van der Waals surface area contributed by atoms with Crippen LogP contribution in [0.5, 0.6) is 0 Å². The van der Waals surface area contributed by atoms with Crippen molar-refractivity contribution in [2.75, 3.05) is 0 Å². The van der Waals surface area contributed by atoms with Crippen LogP contribution in [0.25, 0.3) is 0 Å². The van der Waals surface area contributed by atoms with Crippen LogP contribution in [-0.4, -0.2) is 20.9 Å². The Bertz CT molecular complexity index is 394. The molecule has 0 unspecified atom stereocenters. The molecule has 0 saturated carbocycles. The predicted molar refractivity (Wildman–Crippen MR) is 67.0 cm³/mol. The van der Waals surface area contributed by atoms with Crippen molar-refractivity contribution in [3.63, 3.8) is 0 Å². The second-order valence-electron chi connectivity index (χ2n) is 5.30. The van der Waals surface area contributed by atoms with Crippen LogP contribution in [-0.2, 0) is 11.3 Å². The monoisotopic (exact) mass is 238 g/mol. The Balaban J connectivity index is 2.34. The highest BCUT2D eigenvalue weighted by molar-refractivity contribution is 5.73. The van der Waals surface area contributed by atoms with Crippen LogP contribution in [0, 0.1) is 19.3 Å². The third-order valence-electron chi connectivity index (χ3n) is 3.10. The molecule has 0 saturated heterocycles. The number of carboxylic acid groups (broad SMARTS) is 1. The molecule has 96 valence electrons. The minimum Gasteiger partial charge on any atom is -0.481 e. The summed E-state index contributed by atoms with van der Waals surface area (Å²) in [6.45, 7) is 8.45. The van der Waals surface area contributed by atoms with Gasteiger partial charge in [-0.2, -0.15) is 5.10 Å². The van der Waals surface area contributed by atoms with E-state index in [2.05, 4.69) is 11.2 Å². The first-order valence-electron chi connectivity index (χ1n) is 6.07. The first-order chi connectivity index (χ1) is 7.83. The summed E-state index contributed by atoms with van der Waals surface area (Å²) in [6.07, 6.45) is 2.60. The summed E-state index contributed by atoms with van der Waals surface area (Å²) in [7, 11) is 0. The van der Waals surface area contributed by atoms with Crippen molar-refractivity contribution < 1.29 is 9.90 Å². The summed E-state index contributed by atoms with van der Waals surface area (Å²) in [6, 6.07) is 2.06. The van der Waals surface area contributed by atoms with Gasteiger partial charge in [-0.05, 0) is 46.6 Å². The molecule has 1 N–H and O–H groups in total. The average molecular weight is 238 g/mol. The van der Waals surface area contributed by atoms with Crippen LogP contribution in [0.3, 0.4) is 0 Å². The van der Waals surface area contributed by atoms with E-state index in [1.54, 1.807) is 13.8 Å². The van der Waals surface area contributed by atoms with Gasteiger partial charge in [0, 0.05) is 12.2 Å². The van der Waals surface area contributed by atoms with Gasteiger partial charge >= 0.3 is 5.97 Å². The largest absolute Gasteiger partial charge is 0.481 e. The third kappa shape index (κ3) is 3.88. The van der Waals surface area contributed by atoms with E-state index in [9.17, 15) is 4.79 Å². The van der Waals surface area contributed by atoms with E-state index < -0.39 is 11.4 Å². The number of aliphatic carboxylic acids is 1. The van der Waals surface area contributed by atoms with Gasteiger partial charge in [-0.3, -0.25) is 9.48 Å². The van der Waals surface area contributed by atoms with E-state index in [0.717, 1.165) is 25.1 Å². The average Bonchev–Trinajstić information content (AvgIpc) is 2.52. The molecular weight excluding hydrogens is 216 g/mol. The van der Waals surface area contributed by atoms with Crippen molar-refractivity contribution in [2.24, 2.45) is 5.41 Å². The first kappa shape index (κ1) is 13.7. The maximum Gasteiger partial charge on any atom is 0.309 e. The molecule has 1 rings (SSSR count). The summed E-state index contributed by atoms with van der Waals surface area (Å²) >= 11 is 0. The summed E-state index contributed by atoms with van der Waals surface area (Å²) in [5.74, 6) is -0.719. The molecule has 1 aromatic rings. The van der Waals surface area contributed by atoms with Gasteiger partial charge in [-0.25, -0.2) is 0 Å². The molecule has 0 fully saturated rings. The molecule has 0 aliphatic heterocycles. The maximum atomic E-state index is 10.9. The SMILES string of the molecule is Cc1cc(C)n(CCCCC(C)(C)C(=O)O)n1. The van der Waals surface area contributed by atoms with Crippen LogP contribution in [0.1, 0.15) is 44.5 Å². The molecule has 1 heterocycles.